The van der Waals surface area contributed by atoms with Crippen molar-refractivity contribution in [3.63, 3.8) is 0 Å². The quantitative estimate of drug-likeness (QED) is 0.651. The third-order valence-electron chi connectivity index (χ3n) is 2.31. The Labute approximate surface area is 65.7 Å². The van der Waals surface area contributed by atoms with E-state index in [0.717, 1.165) is 19.3 Å². The maximum Gasteiger partial charge on any atom is 0.0778 e. The van der Waals surface area contributed by atoms with Crippen LogP contribution in [-0.2, 0) is 0 Å². The van der Waals surface area contributed by atoms with E-state index < -0.39 is 0 Å². The summed E-state index contributed by atoms with van der Waals surface area (Å²) in [5, 5.41) is 13.6. The molecule has 1 aliphatic carbocycles. The number of rotatable bonds is 1. The highest BCUT2D eigenvalue weighted by Gasteiger charge is 2.26. The Bertz CT molecular complexity index is 220. The minimum absolute atomic E-state index is 0.185. The fourth-order valence-electron chi connectivity index (χ4n) is 1.71. The first-order valence-electron chi connectivity index (χ1n) is 4.05. The summed E-state index contributed by atoms with van der Waals surface area (Å²) in [6.07, 6.45) is 6.58. The van der Waals surface area contributed by atoms with Crippen molar-refractivity contribution in [2.45, 2.75) is 31.4 Å². The molecule has 0 bridgehead atoms. The van der Waals surface area contributed by atoms with E-state index in [4.69, 9.17) is 0 Å². The zero-order valence-corrected chi connectivity index (χ0v) is 6.35. The van der Waals surface area contributed by atoms with Gasteiger partial charge in [-0.3, -0.25) is 4.68 Å². The van der Waals surface area contributed by atoms with Crippen LogP contribution >= 0.6 is 0 Å². The van der Waals surface area contributed by atoms with Gasteiger partial charge in [0, 0.05) is 12.4 Å². The summed E-state index contributed by atoms with van der Waals surface area (Å²) in [6.45, 7) is 0. The average Bonchev–Trinajstić information content (AvgIpc) is 2.55. The lowest BCUT2D eigenvalue weighted by Crippen LogP contribution is -2.18. The lowest BCUT2D eigenvalue weighted by Gasteiger charge is -2.14. The van der Waals surface area contributed by atoms with Crippen molar-refractivity contribution < 1.29 is 5.11 Å². The van der Waals surface area contributed by atoms with Gasteiger partial charge in [0.2, 0.25) is 0 Å². The lowest BCUT2D eigenvalue weighted by molar-refractivity contribution is 0.130. The van der Waals surface area contributed by atoms with Crippen LogP contribution < -0.4 is 0 Å². The first-order valence-corrected chi connectivity index (χ1v) is 4.05. The number of aliphatic hydroxyl groups excluding tert-OH is 1. The van der Waals surface area contributed by atoms with Crippen LogP contribution in [0.25, 0.3) is 0 Å². The minimum atomic E-state index is -0.185. The maximum atomic E-state index is 9.50. The molecule has 0 amide bonds. The molecule has 0 saturated heterocycles. The molecule has 1 saturated carbocycles. The predicted molar refractivity (Wildman–Crippen MR) is 41.1 cm³/mol. The van der Waals surface area contributed by atoms with Crippen molar-refractivity contribution in [1.29, 1.82) is 0 Å². The Morgan fingerprint density at radius 3 is 2.91 bits per heavy atom. The second-order valence-electron chi connectivity index (χ2n) is 3.05. The SMILES string of the molecule is O[C@@H]1CCC[C@@H]1n1cccn1. The summed E-state index contributed by atoms with van der Waals surface area (Å²) in [6, 6.07) is 2.12. The molecule has 1 N–H and O–H groups in total. The summed E-state index contributed by atoms with van der Waals surface area (Å²) >= 11 is 0. The van der Waals surface area contributed by atoms with Gasteiger partial charge in [-0.1, -0.05) is 0 Å². The molecule has 3 nitrogen and oxygen atoms in total. The molecule has 1 aliphatic rings. The van der Waals surface area contributed by atoms with Crippen LogP contribution in [0.3, 0.4) is 0 Å². The Kier molecular flexibility index (Phi) is 1.66. The molecule has 0 spiro atoms. The van der Waals surface area contributed by atoms with Crippen molar-refractivity contribution in [3.05, 3.63) is 18.5 Å². The molecule has 2 rings (SSSR count). The van der Waals surface area contributed by atoms with Crippen LogP contribution in [0.15, 0.2) is 18.5 Å². The van der Waals surface area contributed by atoms with Crippen molar-refractivity contribution >= 4 is 0 Å². The molecule has 3 heteroatoms. The largest absolute Gasteiger partial charge is 0.391 e. The molecular weight excluding hydrogens is 140 g/mol. The van der Waals surface area contributed by atoms with Gasteiger partial charge in [-0.2, -0.15) is 5.10 Å². The summed E-state index contributed by atoms with van der Waals surface area (Å²) in [7, 11) is 0. The topological polar surface area (TPSA) is 38.0 Å². The molecule has 2 atom stereocenters. The molecule has 0 unspecified atom stereocenters. The molecule has 60 valence electrons. The first-order chi connectivity index (χ1) is 5.38. The molecular formula is C8H12N2O. The molecule has 11 heavy (non-hydrogen) atoms. The summed E-state index contributed by atoms with van der Waals surface area (Å²) in [5.41, 5.74) is 0. The van der Waals surface area contributed by atoms with Crippen LogP contribution in [0.2, 0.25) is 0 Å². The van der Waals surface area contributed by atoms with E-state index in [2.05, 4.69) is 5.10 Å². The van der Waals surface area contributed by atoms with Crippen LogP contribution in [0.1, 0.15) is 25.3 Å². The molecule has 1 heterocycles. The van der Waals surface area contributed by atoms with E-state index in [0.29, 0.717) is 0 Å². The highest BCUT2D eigenvalue weighted by Crippen LogP contribution is 2.28. The number of hydrogen-bond donors (Lipinski definition) is 1. The minimum Gasteiger partial charge on any atom is -0.391 e. The van der Waals surface area contributed by atoms with Gasteiger partial charge >= 0.3 is 0 Å². The molecule has 0 aliphatic heterocycles. The standard InChI is InChI=1S/C8H12N2O/c11-8-4-1-3-7(8)10-6-2-5-9-10/h2,5-8,11H,1,3-4H2/t7-,8+/m0/s1. The van der Waals surface area contributed by atoms with E-state index in [1.807, 2.05) is 16.9 Å². The van der Waals surface area contributed by atoms with Gasteiger partial charge in [-0.15, -0.1) is 0 Å². The molecule has 1 aromatic heterocycles. The molecule has 1 fully saturated rings. The van der Waals surface area contributed by atoms with E-state index in [-0.39, 0.29) is 12.1 Å². The third kappa shape index (κ3) is 1.16. The van der Waals surface area contributed by atoms with Crippen LogP contribution in [-0.4, -0.2) is 21.0 Å². The average molecular weight is 152 g/mol. The van der Waals surface area contributed by atoms with Crippen molar-refractivity contribution in [2.75, 3.05) is 0 Å². The first kappa shape index (κ1) is 6.85. The third-order valence-corrected chi connectivity index (χ3v) is 2.31. The Morgan fingerprint density at radius 1 is 1.45 bits per heavy atom. The number of aromatic nitrogens is 2. The fraction of sp³-hybridized carbons (Fsp3) is 0.625. The van der Waals surface area contributed by atoms with Gasteiger partial charge in [-0.25, -0.2) is 0 Å². The summed E-state index contributed by atoms with van der Waals surface area (Å²) in [5.74, 6) is 0. The Hall–Kier alpha value is -0.830. The Morgan fingerprint density at radius 2 is 2.36 bits per heavy atom. The van der Waals surface area contributed by atoms with E-state index >= 15 is 0 Å². The van der Waals surface area contributed by atoms with Crippen LogP contribution in [0.5, 0.6) is 0 Å². The fourth-order valence-corrected chi connectivity index (χ4v) is 1.71. The molecule has 0 aromatic carbocycles. The van der Waals surface area contributed by atoms with Crippen molar-refractivity contribution in [3.8, 4) is 0 Å². The second kappa shape index (κ2) is 2.66. The van der Waals surface area contributed by atoms with Gasteiger partial charge in [0.05, 0.1) is 12.1 Å². The van der Waals surface area contributed by atoms with Crippen LogP contribution in [0, 0.1) is 0 Å². The predicted octanol–water partition coefficient (Wildman–Crippen LogP) is 0.969. The highest BCUT2D eigenvalue weighted by atomic mass is 16.3. The smallest absolute Gasteiger partial charge is 0.0778 e. The monoisotopic (exact) mass is 152 g/mol. The van der Waals surface area contributed by atoms with Gasteiger partial charge < -0.3 is 5.11 Å². The molecule has 1 aromatic rings. The van der Waals surface area contributed by atoms with Gasteiger partial charge in [-0.05, 0) is 25.3 Å². The Balaban J connectivity index is 2.16. The van der Waals surface area contributed by atoms with E-state index in [1.54, 1.807) is 6.20 Å². The van der Waals surface area contributed by atoms with Gasteiger partial charge in [0.15, 0.2) is 0 Å². The second-order valence-corrected chi connectivity index (χ2v) is 3.05. The lowest BCUT2D eigenvalue weighted by atomic mass is 10.2. The number of hydrogen-bond acceptors (Lipinski definition) is 2. The number of nitrogens with zero attached hydrogens (tertiary/aromatic N) is 2. The summed E-state index contributed by atoms with van der Waals surface area (Å²) < 4.78 is 1.86. The van der Waals surface area contributed by atoms with Crippen molar-refractivity contribution in [1.82, 2.24) is 9.78 Å². The van der Waals surface area contributed by atoms with Crippen LogP contribution in [0.4, 0.5) is 0 Å². The normalized spacial score (nSPS) is 31.0. The summed E-state index contributed by atoms with van der Waals surface area (Å²) in [4.78, 5) is 0. The maximum absolute atomic E-state index is 9.50. The highest BCUT2D eigenvalue weighted by molar-refractivity contribution is 4.87. The van der Waals surface area contributed by atoms with Crippen molar-refractivity contribution in [2.24, 2.45) is 0 Å². The molecule has 0 radical (unpaired) electrons. The zero-order valence-electron chi connectivity index (χ0n) is 6.35. The van der Waals surface area contributed by atoms with E-state index in [1.165, 1.54) is 0 Å². The zero-order chi connectivity index (χ0) is 7.68. The van der Waals surface area contributed by atoms with Gasteiger partial charge in [0.25, 0.3) is 0 Å². The van der Waals surface area contributed by atoms with E-state index in [9.17, 15) is 5.11 Å². The number of aliphatic hydroxyl groups is 1. The van der Waals surface area contributed by atoms with Gasteiger partial charge in [0.1, 0.15) is 0 Å².